The number of allylic oxidation sites excluding steroid dienone is 1. The minimum atomic E-state index is -0.178. The second kappa shape index (κ2) is 7.53. The van der Waals surface area contributed by atoms with Gasteiger partial charge in [0.05, 0.1) is 17.4 Å². The molecule has 0 bridgehead atoms. The van der Waals surface area contributed by atoms with Gasteiger partial charge in [-0.15, -0.1) is 0 Å². The first-order valence-corrected chi connectivity index (χ1v) is 10.7. The van der Waals surface area contributed by atoms with E-state index >= 15 is 0 Å². The molecule has 5 rings (SSSR count). The van der Waals surface area contributed by atoms with Crippen molar-refractivity contribution in [1.82, 2.24) is 0 Å². The number of para-hydroxylation sites is 2. The molecule has 0 fully saturated rings. The van der Waals surface area contributed by atoms with Crippen molar-refractivity contribution < 1.29 is 4.79 Å². The van der Waals surface area contributed by atoms with Crippen LogP contribution in [0.3, 0.4) is 0 Å². The smallest absolute Gasteiger partial charge is 0.163 e. The Morgan fingerprint density at radius 3 is 2.31 bits per heavy atom. The molecular weight excluding hydrogens is 424 g/mol. The van der Waals surface area contributed by atoms with Crippen LogP contribution in [0.1, 0.15) is 35.9 Å². The highest BCUT2D eigenvalue weighted by Gasteiger charge is 2.35. The van der Waals surface area contributed by atoms with Crippen LogP contribution in [0.15, 0.2) is 94.6 Å². The van der Waals surface area contributed by atoms with Gasteiger partial charge in [0.25, 0.3) is 0 Å². The monoisotopic (exact) mass is 444 g/mol. The molecule has 1 aliphatic carbocycles. The Hall–Kier alpha value is -2.85. The van der Waals surface area contributed by atoms with Crippen LogP contribution in [-0.4, -0.2) is 5.78 Å². The number of fused-ring (bicyclic) bond motifs is 1. The van der Waals surface area contributed by atoms with Crippen molar-refractivity contribution in [3.8, 4) is 0 Å². The zero-order valence-electron chi connectivity index (χ0n) is 15.9. The van der Waals surface area contributed by atoms with Gasteiger partial charge in [-0.25, -0.2) is 0 Å². The van der Waals surface area contributed by atoms with E-state index in [2.05, 4.69) is 63.0 Å². The quantitative estimate of drug-likeness (QED) is 0.478. The van der Waals surface area contributed by atoms with Crippen LogP contribution in [0, 0.1) is 0 Å². The minimum Gasteiger partial charge on any atom is -0.372 e. The van der Waals surface area contributed by atoms with Crippen molar-refractivity contribution in [2.75, 3.05) is 10.6 Å². The maximum absolute atomic E-state index is 13.4. The van der Waals surface area contributed by atoms with Crippen molar-refractivity contribution in [1.29, 1.82) is 0 Å². The van der Waals surface area contributed by atoms with Crippen LogP contribution in [0.4, 0.5) is 11.4 Å². The summed E-state index contributed by atoms with van der Waals surface area (Å²) in [4.78, 5) is 13.4. The van der Waals surface area contributed by atoms with Crippen LogP contribution in [0.2, 0.25) is 0 Å². The molecule has 2 atom stereocenters. The maximum atomic E-state index is 13.4. The molecule has 1 aliphatic heterocycles. The first-order chi connectivity index (χ1) is 14.2. The van der Waals surface area contributed by atoms with E-state index in [1.807, 2.05) is 42.5 Å². The van der Waals surface area contributed by atoms with E-state index in [0.717, 1.165) is 39.1 Å². The minimum absolute atomic E-state index is 0.178. The van der Waals surface area contributed by atoms with Gasteiger partial charge in [-0.2, -0.15) is 0 Å². The number of hydrogen-bond donors (Lipinski definition) is 2. The highest BCUT2D eigenvalue weighted by molar-refractivity contribution is 9.10. The predicted molar refractivity (Wildman–Crippen MR) is 121 cm³/mol. The summed E-state index contributed by atoms with van der Waals surface area (Å²) in [5.74, 6) is 0.404. The van der Waals surface area contributed by atoms with Crippen LogP contribution < -0.4 is 10.6 Å². The average Bonchev–Trinajstić information content (AvgIpc) is 2.91. The Morgan fingerprint density at radius 2 is 1.52 bits per heavy atom. The van der Waals surface area contributed by atoms with Gasteiger partial charge >= 0.3 is 0 Å². The summed E-state index contributed by atoms with van der Waals surface area (Å²) in [5.41, 5.74) is 6.20. The molecule has 144 valence electrons. The number of carbonyl (C=O) groups is 1. The van der Waals surface area contributed by atoms with Gasteiger partial charge in [0.15, 0.2) is 5.78 Å². The normalized spacial score (nSPS) is 20.8. The molecule has 3 nitrogen and oxygen atoms in total. The van der Waals surface area contributed by atoms with E-state index in [4.69, 9.17) is 0 Å². The largest absolute Gasteiger partial charge is 0.372 e. The predicted octanol–water partition coefficient (Wildman–Crippen LogP) is 6.43. The summed E-state index contributed by atoms with van der Waals surface area (Å²) in [6, 6.07) is 26.5. The Kier molecular flexibility index (Phi) is 4.72. The number of carbonyl (C=O) groups excluding carboxylic acids is 1. The van der Waals surface area contributed by atoms with Gasteiger partial charge in [0.1, 0.15) is 0 Å². The summed E-state index contributed by atoms with van der Waals surface area (Å²) in [7, 11) is 0. The number of rotatable bonds is 2. The van der Waals surface area contributed by atoms with Crippen molar-refractivity contribution in [2.24, 2.45) is 0 Å². The van der Waals surface area contributed by atoms with Gasteiger partial charge in [0, 0.05) is 22.2 Å². The Morgan fingerprint density at radius 1 is 0.793 bits per heavy atom. The van der Waals surface area contributed by atoms with Crippen molar-refractivity contribution in [3.63, 3.8) is 0 Å². The summed E-state index contributed by atoms with van der Waals surface area (Å²) in [5, 5.41) is 7.22. The van der Waals surface area contributed by atoms with Crippen molar-refractivity contribution in [3.05, 3.63) is 106 Å². The van der Waals surface area contributed by atoms with Crippen LogP contribution in [0.5, 0.6) is 0 Å². The molecule has 3 aromatic carbocycles. The number of Topliss-reactive ketones (excluding diaryl/α,β-unsaturated/α-hetero) is 1. The van der Waals surface area contributed by atoms with Gasteiger partial charge in [-0.1, -0.05) is 70.5 Å². The number of nitrogens with one attached hydrogen (secondary N) is 2. The topological polar surface area (TPSA) is 41.1 Å². The third-order valence-electron chi connectivity index (χ3n) is 5.76. The van der Waals surface area contributed by atoms with Crippen LogP contribution in [0.25, 0.3) is 0 Å². The number of halogens is 1. The number of anilines is 2. The molecule has 4 heteroatoms. The second-order valence-electron chi connectivity index (χ2n) is 7.63. The SMILES string of the molecule is O=C1C[C@H](c2ccccc2)CC2=C1[C@@H](c1cccc(Br)c1)Nc1ccccc1N2. The van der Waals surface area contributed by atoms with Gasteiger partial charge in [-0.3, -0.25) is 4.79 Å². The molecule has 0 amide bonds. The Bertz CT molecular complexity index is 1110. The van der Waals surface area contributed by atoms with E-state index < -0.39 is 0 Å². The summed E-state index contributed by atoms with van der Waals surface area (Å²) >= 11 is 3.58. The zero-order valence-corrected chi connectivity index (χ0v) is 17.4. The summed E-state index contributed by atoms with van der Waals surface area (Å²) in [6.45, 7) is 0. The lowest BCUT2D eigenvalue weighted by Gasteiger charge is -2.30. The lowest BCUT2D eigenvalue weighted by atomic mass is 9.78. The van der Waals surface area contributed by atoms with Crippen LogP contribution >= 0.6 is 15.9 Å². The van der Waals surface area contributed by atoms with Gasteiger partial charge in [0.2, 0.25) is 0 Å². The summed E-state index contributed by atoms with van der Waals surface area (Å²) in [6.07, 6.45) is 1.36. The van der Waals surface area contributed by atoms with Crippen molar-refractivity contribution in [2.45, 2.75) is 24.8 Å². The third kappa shape index (κ3) is 3.49. The molecule has 0 saturated heterocycles. The molecule has 1 heterocycles. The average molecular weight is 445 g/mol. The zero-order chi connectivity index (χ0) is 19.8. The second-order valence-corrected chi connectivity index (χ2v) is 8.55. The van der Waals surface area contributed by atoms with Gasteiger partial charge in [-0.05, 0) is 47.7 Å². The molecule has 0 radical (unpaired) electrons. The lowest BCUT2D eigenvalue weighted by molar-refractivity contribution is -0.116. The number of benzene rings is 3. The Labute approximate surface area is 179 Å². The standard InChI is InChI=1S/C25H21BrN2O/c26-19-10-6-9-17(13-19)25-24-22(27-20-11-4-5-12-21(20)28-25)14-18(15-23(24)29)16-7-2-1-3-8-16/h1-13,18,25,27-28H,14-15H2/t18-,25-/m1/s1. The fourth-order valence-corrected chi connectivity index (χ4v) is 4.81. The first-order valence-electron chi connectivity index (χ1n) is 9.88. The van der Waals surface area contributed by atoms with E-state index in [-0.39, 0.29) is 17.7 Å². The molecule has 0 aromatic heterocycles. The number of ketones is 1. The van der Waals surface area contributed by atoms with E-state index in [1.54, 1.807) is 0 Å². The Balaban J connectivity index is 1.63. The number of hydrogen-bond acceptors (Lipinski definition) is 3. The highest BCUT2D eigenvalue weighted by atomic mass is 79.9. The lowest BCUT2D eigenvalue weighted by Crippen LogP contribution is -2.26. The molecule has 0 spiro atoms. The third-order valence-corrected chi connectivity index (χ3v) is 6.26. The van der Waals surface area contributed by atoms with E-state index in [1.165, 1.54) is 5.56 Å². The van der Waals surface area contributed by atoms with Crippen LogP contribution in [-0.2, 0) is 4.79 Å². The summed E-state index contributed by atoms with van der Waals surface area (Å²) < 4.78 is 1.01. The van der Waals surface area contributed by atoms with Crippen molar-refractivity contribution >= 4 is 33.1 Å². The molecule has 29 heavy (non-hydrogen) atoms. The molecule has 0 unspecified atom stereocenters. The molecular formula is C25H21BrN2O. The molecule has 2 aliphatic rings. The first kappa shape index (κ1) is 18.2. The van der Waals surface area contributed by atoms with Gasteiger partial charge < -0.3 is 10.6 Å². The fraction of sp³-hybridized carbons (Fsp3) is 0.160. The maximum Gasteiger partial charge on any atom is 0.163 e. The highest BCUT2D eigenvalue weighted by Crippen LogP contribution is 2.44. The van der Waals surface area contributed by atoms with E-state index in [9.17, 15) is 4.79 Å². The van der Waals surface area contributed by atoms with E-state index in [0.29, 0.717) is 6.42 Å². The molecule has 2 N–H and O–H groups in total. The molecule has 0 saturated carbocycles. The fourth-order valence-electron chi connectivity index (χ4n) is 4.39. The molecule has 3 aromatic rings.